The average molecular weight is 365 g/mol. The van der Waals surface area contributed by atoms with Crippen molar-refractivity contribution in [3.8, 4) is 0 Å². The molecule has 1 aromatic heterocycles. The van der Waals surface area contributed by atoms with Crippen LogP contribution in [0.3, 0.4) is 0 Å². The normalized spacial score (nSPS) is 16.6. The maximum atomic E-state index is 12.9. The van der Waals surface area contributed by atoms with Crippen LogP contribution >= 0.6 is 0 Å². The first-order valence-corrected chi connectivity index (χ1v) is 9.79. The van der Waals surface area contributed by atoms with Gasteiger partial charge in [0, 0.05) is 50.2 Å². The van der Waals surface area contributed by atoms with E-state index in [-0.39, 0.29) is 11.8 Å². The van der Waals surface area contributed by atoms with Gasteiger partial charge in [0.1, 0.15) is 0 Å². The van der Waals surface area contributed by atoms with E-state index in [1.54, 1.807) is 0 Å². The van der Waals surface area contributed by atoms with Gasteiger partial charge in [-0.1, -0.05) is 6.07 Å². The zero-order chi connectivity index (χ0) is 19.1. The number of rotatable bonds is 2. The number of fused-ring (bicyclic) bond motifs is 1. The molecule has 1 aliphatic heterocycles. The number of aromatic nitrogens is 1. The van der Waals surface area contributed by atoms with Gasteiger partial charge >= 0.3 is 0 Å². The van der Waals surface area contributed by atoms with E-state index in [1.807, 2.05) is 47.4 Å². The molecule has 0 radical (unpaired) electrons. The van der Waals surface area contributed by atoms with Gasteiger partial charge in [-0.05, 0) is 62.4 Å². The predicted molar refractivity (Wildman–Crippen MR) is 105 cm³/mol. The van der Waals surface area contributed by atoms with E-state index < -0.39 is 0 Å². The van der Waals surface area contributed by atoms with Crippen molar-refractivity contribution in [1.29, 1.82) is 0 Å². The Balaban J connectivity index is 1.42. The minimum Gasteiger partial charge on any atom is -0.351 e. The molecule has 2 heterocycles. The summed E-state index contributed by atoms with van der Waals surface area (Å²) >= 11 is 0. The minimum atomic E-state index is 0.0702. The molecule has 2 amide bonds. The van der Waals surface area contributed by atoms with E-state index >= 15 is 0 Å². The molecular formula is C22H27N3O2. The second kappa shape index (κ2) is 6.87. The molecule has 142 valence electrons. The Morgan fingerprint density at radius 3 is 2.11 bits per heavy atom. The molecule has 5 heteroatoms. The van der Waals surface area contributed by atoms with Gasteiger partial charge in [-0.2, -0.15) is 0 Å². The van der Waals surface area contributed by atoms with E-state index in [1.165, 1.54) is 17.5 Å². The summed E-state index contributed by atoms with van der Waals surface area (Å²) in [6.07, 6.45) is 3.39. The third-order valence-corrected chi connectivity index (χ3v) is 6.21. The van der Waals surface area contributed by atoms with Crippen LogP contribution in [0, 0.1) is 13.8 Å². The first-order valence-electron chi connectivity index (χ1n) is 9.79. The molecule has 0 N–H and O–H groups in total. The highest BCUT2D eigenvalue weighted by Gasteiger charge is 2.27. The lowest BCUT2D eigenvalue weighted by molar-refractivity contribution is 0.0535. The van der Waals surface area contributed by atoms with Crippen LogP contribution in [0.4, 0.5) is 0 Å². The van der Waals surface area contributed by atoms with Crippen LogP contribution in [0.2, 0.25) is 0 Å². The Kier molecular flexibility index (Phi) is 4.54. The smallest absolute Gasteiger partial charge is 0.255 e. The summed E-state index contributed by atoms with van der Waals surface area (Å²) in [6, 6.07) is 8.09. The number of hydrogen-bond donors (Lipinski definition) is 0. The highest BCUT2D eigenvalue weighted by atomic mass is 16.2. The second-order valence-corrected chi connectivity index (χ2v) is 7.77. The highest BCUT2D eigenvalue weighted by Crippen LogP contribution is 2.24. The lowest BCUT2D eigenvalue weighted by Gasteiger charge is -2.35. The van der Waals surface area contributed by atoms with Gasteiger partial charge in [0.25, 0.3) is 11.8 Å². The van der Waals surface area contributed by atoms with Gasteiger partial charge in [-0.3, -0.25) is 9.59 Å². The van der Waals surface area contributed by atoms with Crippen molar-refractivity contribution >= 4 is 11.8 Å². The molecule has 4 rings (SSSR count). The third kappa shape index (κ3) is 3.15. The molecule has 1 aromatic carbocycles. The molecule has 1 aliphatic carbocycles. The summed E-state index contributed by atoms with van der Waals surface area (Å²) in [6.45, 7) is 6.34. The second-order valence-electron chi connectivity index (χ2n) is 7.77. The maximum Gasteiger partial charge on any atom is 0.255 e. The fraction of sp³-hybridized carbons (Fsp3) is 0.455. The van der Waals surface area contributed by atoms with Gasteiger partial charge in [-0.15, -0.1) is 0 Å². The number of aryl methyl sites for hydroxylation is 3. The lowest BCUT2D eigenvalue weighted by atomic mass is 10.1. The standard InChI is InChI=1S/C22H27N3O2/c1-15-13-20(16(2)23(15)3)22(27)25-11-9-24(10-12-25)21(26)19-8-7-17-5-4-6-18(17)14-19/h7-8,13-14H,4-6,9-12H2,1-3H3. The summed E-state index contributed by atoms with van der Waals surface area (Å²) < 4.78 is 2.04. The van der Waals surface area contributed by atoms with Crippen molar-refractivity contribution < 1.29 is 9.59 Å². The molecular weight excluding hydrogens is 338 g/mol. The van der Waals surface area contributed by atoms with E-state index in [2.05, 4.69) is 12.1 Å². The van der Waals surface area contributed by atoms with Crippen molar-refractivity contribution in [2.45, 2.75) is 33.1 Å². The van der Waals surface area contributed by atoms with Crippen molar-refractivity contribution in [3.63, 3.8) is 0 Å². The van der Waals surface area contributed by atoms with Gasteiger partial charge in [0.2, 0.25) is 0 Å². The summed E-state index contributed by atoms with van der Waals surface area (Å²) in [5.41, 5.74) is 6.34. The molecule has 1 fully saturated rings. The Morgan fingerprint density at radius 2 is 1.48 bits per heavy atom. The van der Waals surface area contributed by atoms with E-state index in [0.29, 0.717) is 26.2 Å². The quantitative estimate of drug-likeness (QED) is 0.821. The van der Waals surface area contributed by atoms with Gasteiger partial charge in [-0.25, -0.2) is 0 Å². The Labute approximate surface area is 160 Å². The first-order chi connectivity index (χ1) is 13.0. The first kappa shape index (κ1) is 17.8. The largest absolute Gasteiger partial charge is 0.351 e. The number of piperazine rings is 1. The number of nitrogens with zero attached hydrogens (tertiary/aromatic N) is 3. The van der Waals surface area contributed by atoms with Crippen LogP contribution in [0.25, 0.3) is 0 Å². The van der Waals surface area contributed by atoms with Gasteiger partial charge in [0.15, 0.2) is 0 Å². The number of benzene rings is 1. The van der Waals surface area contributed by atoms with Crippen LogP contribution in [0.5, 0.6) is 0 Å². The Bertz CT molecular complexity index is 905. The van der Waals surface area contributed by atoms with Crippen molar-refractivity contribution in [1.82, 2.24) is 14.4 Å². The zero-order valence-corrected chi connectivity index (χ0v) is 16.4. The summed E-state index contributed by atoms with van der Waals surface area (Å²) in [7, 11) is 1.98. The highest BCUT2D eigenvalue weighted by molar-refractivity contribution is 5.97. The average Bonchev–Trinajstić information content (AvgIpc) is 3.26. The minimum absolute atomic E-state index is 0.0702. The molecule has 0 saturated carbocycles. The fourth-order valence-corrected chi connectivity index (χ4v) is 4.24. The maximum absolute atomic E-state index is 12.9. The predicted octanol–water partition coefficient (Wildman–Crippen LogP) is 2.73. The third-order valence-electron chi connectivity index (χ3n) is 6.21. The van der Waals surface area contributed by atoms with E-state index in [9.17, 15) is 9.59 Å². The van der Waals surface area contributed by atoms with Gasteiger partial charge < -0.3 is 14.4 Å². The van der Waals surface area contributed by atoms with Crippen molar-refractivity contribution in [3.05, 3.63) is 57.9 Å². The lowest BCUT2D eigenvalue weighted by Crippen LogP contribution is -2.50. The Morgan fingerprint density at radius 1 is 0.852 bits per heavy atom. The van der Waals surface area contributed by atoms with Crippen LogP contribution < -0.4 is 0 Å². The SMILES string of the molecule is Cc1cc(C(=O)N2CCN(C(=O)c3ccc4c(c3)CCC4)CC2)c(C)n1C. The number of amides is 2. The number of carbonyl (C=O) groups is 2. The molecule has 0 atom stereocenters. The monoisotopic (exact) mass is 365 g/mol. The summed E-state index contributed by atoms with van der Waals surface area (Å²) in [5, 5.41) is 0. The summed E-state index contributed by atoms with van der Waals surface area (Å²) in [5.74, 6) is 0.157. The van der Waals surface area contributed by atoms with Crippen LogP contribution in [0.15, 0.2) is 24.3 Å². The zero-order valence-electron chi connectivity index (χ0n) is 16.4. The topological polar surface area (TPSA) is 45.6 Å². The van der Waals surface area contributed by atoms with Crippen LogP contribution in [-0.2, 0) is 19.9 Å². The van der Waals surface area contributed by atoms with Crippen LogP contribution in [0.1, 0.15) is 49.7 Å². The fourth-order valence-electron chi connectivity index (χ4n) is 4.24. The Hall–Kier alpha value is -2.56. The molecule has 2 aromatic rings. The molecule has 0 spiro atoms. The van der Waals surface area contributed by atoms with E-state index in [0.717, 1.165) is 35.4 Å². The van der Waals surface area contributed by atoms with Crippen molar-refractivity contribution in [2.24, 2.45) is 7.05 Å². The molecule has 0 bridgehead atoms. The molecule has 27 heavy (non-hydrogen) atoms. The molecule has 5 nitrogen and oxygen atoms in total. The number of hydrogen-bond acceptors (Lipinski definition) is 2. The molecule has 2 aliphatic rings. The molecule has 1 saturated heterocycles. The van der Waals surface area contributed by atoms with Gasteiger partial charge in [0.05, 0.1) is 5.56 Å². The van der Waals surface area contributed by atoms with E-state index in [4.69, 9.17) is 0 Å². The van der Waals surface area contributed by atoms with Crippen molar-refractivity contribution in [2.75, 3.05) is 26.2 Å². The van der Waals surface area contributed by atoms with Crippen LogP contribution in [-0.4, -0.2) is 52.4 Å². The number of carbonyl (C=O) groups excluding carboxylic acids is 2. The summed E-state index contributed by atoms with van der Waals surface area (Å²) in [4.78, 5) is 29.5. The molecule has 0 unspecified atom stereocenters.